The minimum absolute atomic E-state index is 0.131. The zero-order valence-electron chi connectivity index (χ0n) is 15.3. The van der Waals surface area contributed by atoms with Crippen LogP contribution in [0, 0.1) is 11.3 Å². The Morgan fingerprint density at radius 3 is 2.69 bits per heavy atom. The number of carboxylic acid groups (broad SMARTS) is 1. The van der Waals surface area contributed by atoms with E-state index in [1.54, 1.807) is 0 Å². The predicted octanol–water partition coefficient (Wildman–Crippen LogP) is 3.00. The van der Waals surface area contributed by atoms with Crippen molar-refractivity contribution < 1.29 is 14.7 Å². The van der Waals surface area contributed by atoms with Crippen molar-refractivity contribution in [3.63, 3.8) is 0 Å². The highest BCUT2D eigenvalue weighted by molar-refractivity contribution is 5.94. The summed E-state index contributed by atoms with van der Waals surface area (Å²) in [4.78, 5) is 28.8. The number of rotatable bonds is 4. The normalized spacial score (nSPS) is 28.9. The molecule has 2 atom stereocenters. The summed E-state index contributed by atoms with van der Waals surface area (Å²) in [7, 11) is 0. The van der Waals surface area contributed by atoms with E-state index in [1.807, 2.05) is 23.1 Å². The van der Waals surface area contributed by atoms with Crippen molar-refractivity contribution in [1.29, 1.82) is 0 Å². The van der Waals surface area contributed by atoms with Gasteiger partial charge in [-0.1, -0.05) is 18.6 Å². The Hall–Kier alpha value is -1.88. The third-order valence-electron chi connectivity index (χ3n) is 6.59. The fraction of sp³-hybridized carbons (Fsp3) is 0.619. The van der Waals surface area contributed by atoms with Crippen molar-refractivity contribution in [3.8, 4) is 0 Å². The smallest absolute Gasteiger partial charge is 0.311 e. The molecule has 5 nitrogen and oxygen atoms in total. The molecule has 1 amide bonds. The standard InChI is InChI=1S/C21H28N2O3/c24-19(23-10-2-1-3-11-23)17-7-4-6-16(12-17)13-22-14-18-8-5-9-21(18,15-22)20(25)26/h4,6-7,12,18H,1-3,5,8-11,13-15H2,(H,25,26)/t18-,21+/m0/s1. The summed E-state index contributed by atoms with van der Waals surface area (Å²) in [5.74, 6) is -0.221. The molecule has 3 aliphatic rings. The van der Waals surface area contributed by atoms with Gasteiger partial charge in [0.1, 0.15) is 0 Å². The number of piperidine rings is 1. The summed E-state index contributed by atoms with van der Waals surface area (Å²) in [6.45, 7) is 3.94. The lowest BCUT2D eigenvalue weighted by Gasteiger charge is -2.27. The van der Waals surface area contributed by atoms with Crippen molar-refractivity contribution in [1.82, 2.24) is 9.80 Å². The van der Waals surface area contributed by atoms with Crippen LogP contribution in [-0.4, -0.2) is 53.0 Å². The first-order chi connectivity index (χ1) is 12.6. The van der Waals surface area contributed by atoms with Gasteiger partial charge in [0.15, 0.2) is 0 Å². The van der Waals surface area contributed by atoms with E-state index in [-0.39, 0.29) is 11.8 Å². The molecule has 0 radical (unpaired) electrons. The van der Waals surface area contributed by atoms with Crippen molar-refractivity contribution in [3.05, 3.63) is 35.4 Å². The maximum absolute atomic E-state index is 12.7. The number of fused-ring (bicyclic) bond motifs is 1. The summed E-state index contributed by atoms with van der Waals surface area (Å²) in [5, 5.41) is 9.74. The molecule has 3 fully saturated rings. The van der Waals surface area contributed by atoms with Gasteiger partial charge in [0, 0.05) is 38.3 Å². The zero-order chi connectivity index (χ0) is 18.1. The van der Waals surface area contributed by atoms with Gasteiger partial charge in [0.2, 0.25) is 0 Å². The Labute approximate surface area is 155 Å². The lowest BCUT2D eigenvalue weighted by Crippen LogP contribution is -2.36. The van der Waals surface area contributed by atoms with Crippen molar-refractivity contribution >= 4 is 11.9 Å². The number of amides is 1. The first-order valence-electron chi connectivity index (χ1n) is 9.92. The molecular weight excluding hydrogens is 328 g/mol. The van der Waals surface area contributed by atoms with Crippen LogP contribution in [0.25, 0.3) is 0 Å². The van der Waals surface area contributed by atoms with E-state index in [4.69, 9.17) is 0 Å². The van der Waals surface area contributed by atoms with Gasteiger partial charge in [0.05, 0.1) is 5.41 Å². The van der Waals surface area contributed by atoms with E-state index in [1.165, 1.54) is 6.42 Å². The number of aliphatic carboxylic acids is 1. The topological polar surface area (TPSA) is 60.9 Å². The summed E-state index contributed by atoms with van der Waals surface area (Å²) < 4.78 is 0. The average Bonchev–Trinajstić information content (AvgIpc) is 3.20. The van der Waals surface area contributed by atoms with E-state index in [0.29, 0.717) is 6.54 Å². The number of carbonyl (C=O) groups is 2. The molecule has 5 heteroatoms. The number of hydrogen-bond donors (Lipinski definition) is 1. The molecule has 2 aliphatic heterocycles. The van der Waals surface area contributed by atoms with Crippen molar-refractivity contribution in [2.75, 3.05) is 26.2 Å². The van der Waals surface area contributed by atoms with Crippen LogP contribution in [0.2, 0.25) is 0 Å². The molecule has 26 heavy (non-hydrogen) atoms. The lowest BCUT2D eigenvalue weighted by atomic mass is 9.81. The Balaban J connectivity index is 1.45. The van der Waals surface area contributed by atoms with Crippen LogP contribution < -0.4 is 0 Å². The van der Waals surface area contributed by atoms with E-state index in [2.05, 4.69) is 11.0 Å². The largest absolute Gasteiger partial charge is 0.481 e. The molecule has 1 saturated carbocycles. The Kier molecular flexibility index (Phi) is 4.74. The third kappa shape index (κ3) is 3.13. The van der Waals surface area contributed by atoms with Gasteiger partial charge < -0.3 is 10.0 Å². The van der Waals surface area contributed by atoms with Crippen LogP contribution in [0.5, 0.6) is 0 Å². The van der Waals surface area contributed by atoms with Gasteiger partial charge in [-0.3, -0.25) is 14.5 Å². The van der Waals surface area contributed by atoms with Crippen LogP contribution in [0.3, 0.4) is 0 Å². The van der Waals surface area contributed by atoms with Gasteiger partial charge in [-0.2, -0.15) is 0 Å². The summed E-state index contributed by atoms with van der Waals surface area (Å²) in [5.41, 5.74) is 1.33. The molecule has 0 spiro atoms. The molecule has 1 aliphatic carbocycles. The second-order valence-corrected chi connectivity index (χ2v) is 8.27. The molecule has 1 N–H and O–H groups in total. The lowest BCUT2D eigenvalue weighted by molar-refractivity contribution is -0.149. The van der Waals surface area contributed by atoms with Crippen LogP contribution in [0.4, 0.5) is 0 Å². The number of likely N-dealkylation sites (tertiary alicyclic amines) is 2. The van der Waals surface area contributed by atoms with E-state index in [9.17, 15) is 14.7 Å². The summed E-state index contributed by atoms with van der Waals surface area (Å²) >= 11 is 0. The molecule has 0 bridgehead atoms. The zero-order valence-corrected chi connectivity index (χ0v) is 15.3. The summed E-state index contributed by atoms with van der Waals surface area (Å²) in [6, 6.07) is 7.90. The number of hydrogen-bond acceptors (Lipinski definition) is 3. The van der Waals surface area contributed by atoms with Crippen molar-refractivity contribution in [2.45, 2.75) is 45.1 Å². The van der Waals surface area contributed by atoms with E-state index < -0.39 is 11.4 Å². The van der Waals surface area contributed by atoms with Crippen molar-refractivity contribution in [2.24, 2.45) is 11.3 Å². The monoisotopic (exact) mass is 356 g/mol. The molecule has 0 unspecified atom stereocenters. The minimum atomic E-state index is -0.628. The Morgan fingerprint density at radius 1 is 1.15 bits per heavy atom. The molecule has 1 aromatic rings. The van der Waals surface area contributed by atoms with Crippen LogP contribution >= 0.6 is 0 Å². The van der Waals surface area contributed by atoms with E-state index >= 15 is 0 Å². The molecule has 4 rings (SSSR count). The van der Waals surface area contributed by atoms with Crippen LogP contribution in [-0.2, 0) is 11.3 Å². The number of nitrogens with zero attached hydrogens (tertiary/aromatic N) is 2. The SMILES string of the molecule is O=C(c1cccc(CN2C[C@@H]3CCC[C@@]3(C(=O)O)C2)c1)N1CCCCC1. The highest BCUT2D eigenvalue weighted by Crippen LogP contribution is 2.49. The Bertz CT molecular complexity index is 698. The second-order valence-electron chi connectivity index (χ2n) is 8.27. The third-order valence-corrected chi connectivity index (χ3v) is 6.59. The van der Waals surface area contributed by atoms with E-state index in [0.717, 1.165) is 69.4 Å². The Morgan fingerprint density at radius 2 is 1.96 bits per heavy atom. The average molecular weight is 356 g/mol. The second kappa shape index (κ2) is 7.03. The maximum Gasteiger partial charge on any atom is 0.311 e. The first kappa shape index (κ1) is 17.5. The van der Waals surface area contributed by atoms with Gasteiger partial charge in [-0.15, -0.1) is 0 Å². The van der Waals surface area contributed by atoms with Gasteiger partial charge in [-0.05, 0) is 55.7 Å². The summed E-state index contributed by atoms with van der Waals surface area (Å²) in [6.07, 6.45) is 6.26. The number of benzene rings is 1. The fourth-order valence-corrected chi connectivity index (χ4v) is 5.20. The van der Waals surface area contributed by atoms with Crippen LogP contribution in [0.1, 0.15) is 54.4 Å². The first-order valence-corrected chi connectivity index (χ1v) is 9.92. The molecule has 2 heterocycles. The molecule has 140 valence electrons. The van der Waals surface area contributed by atoms with Crippen LogP contribution in [0.15, 0.2) is 24.3 Å². The molecule has 0 aromatic heterocycles. The predicted molar refractivity (Wildman–Crippen MR) is 98.9 cm³/mol. The number of carbonyl (C=O) groups excluding carboxylic acids is 1. The number of carboxylic acids is 1. The van der Waals surface area contributed by atoms with Gasteiger partial charge in [-0.25, -0.2) is 0 Å². The fourth-order valence-electron chi connectivity index (χ4n) is 5.20. The highest BCUT2D eigenvalue weighted by Gasteiger charge is 2.54. The molecule has 1 aromatic carbocycles. The minimum Gasteiger partial charge on any atom is -0.481 e. The highest BCUT2D eigenvalue weighted by atomic mass is 16.4. The maximum atomic E-state index is 12.7. The molecular formula is C21H28N2O3. The van der Waals surface area contributed by atoms with Gasteiger partial charge in [0.25, 0.3) is 5.91 Å². The van der Waals surface area contributed by atoms with Gasteiger partial charge >= 0.3 is 5.97 Å². The molecule has 2 saturated heterocycles. The quantitative estimate of drug-likeness (QED) is 0.901.